The number of hydrogen-bond donors (Lipinski definition) is 2. The summed E-state index contributed by atoms with van der Waals surface area (Å²) < 4.78 is 69.0. The number of nitrogens with one attached hydrogen (secondary N) is 2. The summed E-state index contributed by atoms with van der Waals surface area (Å²) in [5, 5.41) is 6.63. The Morgan fingerprint density at radius 1 is 1.06 bits per heavy atom. The van der Waals surface area contributed by atoms with Gasteiger partial charge < -0.3 is 5.32 Å². The van der Waals surface area contributed by atoms with Crippen molar-refractivity contribution in [1.82, 2.24) is 10.3 Å². The zero-order valence-corrected chi connectivity index (χ0v) is 20.8. The van der Waals surface area contributed by atoms with Gasteiger partial charge in [0.2, 0.25) is 0 Å². The molecule has 0 radical (unpaired) electrons. The van der Waals surface area contributed by atoms with Crippen molar-refractivity contribution in [2.75, 3.05) is 11.3 Å². The van der Waals surface area contributed by atoms with Crippen molar-refractivity contribution in [3.8, 4) is 11.1 Å². The number of aromatic nitrogens is 1. The van der Waals surface area contributed by atoms with Gasteiger partial charge in [0.1, 0.15) is 0 Å². The highest BCUT2D eigenvalue weighted by atomic mass is 32.2. The number of rotatable bonds is 5. The lowest BCUT2D eigenvalue weighted by Gasteiger charge is -2.24. The molecule has 0 bridgehead atoms. The van der Waals surface area contributed by atoms with Crippen LogP contribution in [0.1, 0.15) is 24.5 Å². The van der Waals surface area contributed by atoms with E-state index >= 15 is 0 Å². The van der Waals surface area contributed by atoms with E-state index in [2.05, 4.69) is 15.0 Å². The number of fused-ring (bicyclic) bond motifs is 1. The molecule has 4 aromatic rings. The third-order valence-corrected chi connectivity index (χ3v) is 8.29. The smallest absolute Gasteiger partial charge is 0.310 e. The Bertz CT molecular complexity index is 1560. The van der Waals surface area contributed by atoms with Crippen LogP contribution in [0.4, 0.5) is 18.3 Å². The molecule has 1 aliphatic heterocycles. The molecule has 5 nitrogen and oxygen atoms in total. The van der Waals surface area contributed by atoms with Gasteiger partial charge in [-0.15, -0.1) is 11.3 Å². The quantitative estimate of drug-likeness (QED) is 0.308. The van der Waals surface area contributed by atoms with E-state index in [0.717, 1.165) is 22.6 Å². The number of nitrogens with zero attached hydrogens (tertiary/aromatic N) is 1. The first-order valence-electron chi connectivity index (χ1n) is 11.2. The minimum Gasteiger partial charge on any atom is -0.310 e. The molecule has 0 amide bonds. The topological polar surface area (TPSA) is 71.1 Å². The van der Waals surface area contributed by atoms with Crippen molar-refractivity contribution in [3.05, 3.63) is 83.4 Å². The van der Waals surface area contributed by atoms with Gasteiger partial charge in [-0.2, -0.15) is 13.2 Å². The third kappa shape index (κ3) is 4.88. The summed E-state index contributed by atoms with van der Waals surface area (Å²) in [6.07, 6.45) is -0.419. The van der Waals surface area contributed by atoms with Gasteiger partial charge in [-0.05, 0) is 70.6 Å². The summed E-state index contributed by atoms with van der Waals surface area (Å²) in [6.45, 7) is 2.58. The van der Waals surface area contributed by atoms with Crippen molar-refractivity contribution in [3.63, 3.8) is 0 Å². The minimum atomic E-state index is -4.46. The average Bonchev–Trinajstić information content (AvgIpc) is 3.35. The first kappa shape index (κ1) is 24.5. The van der Waals surface area contributed by atoms with E-state index < -0.39 is 21.8 Å². The highest BCUT2D eigenvalue weighted by Gasteiger charge is 2.32. The highest BCUT2D eigenvalue weighted by molar-refractivity contribution is 7.93. The average molecular weight is 530 g/mol. The fourth-order valence-corrected chi connectivity index (χ4v) is 6.24. The standard InChI is InChI=1S/C26H22F3N3O2S2/c1-16-13-18(9-10-30-16)24-15-19(26(27,28)29)5-7-23(24)22-4-2-3-17-14-20(6-8-21(17)22)36(33,34)32-25-31-11-12-35-25/h2-9,11-12,14-16,30H,10,13H2,1H3,(H,31,32). The fraction of sp³-hybridized carbons (Fsp3) is 0.192. The maximum absolute atomic E-state index is 13.6. The Kier molecular flexibility index (Phi) is 6.36. The summed E-state index contributed by atoms with van der Waals surface area (Å²) in [5.74, 6) is 0. The summed E-state index contributed by atoms with van der Waals surface area (Å²) >= 11 is 1.17. The molecular weight excluding hydrogens is 507 g/mol. The zero-order chi connectivity index (χ0) is 25.5. The van der Waals surface area contributed by atoms with E-state index in [4.69, 9.17) is 0 Å². The summed E-state index contributed by atoms with van der Waals surface area (Å²) in [6, 6.07) is 14.1. The van der Waals surface area contributed by atoms with Gasteiger partial charge in [0.25, 0.3) is 10.0 Å². The van der Waals surface area contributed by atoms with E-state index in [1.165, 1.54) is 35.7 Å². The van der Waals surface area contributed by atoms with Crippen LogP contribution in [0.15, 0.2) is 77.1 Å². The van der Waals surface area contributed by atoms with Crippen LogP contribution >= 0.6 is 11.3 Å². The molecule has 0 aliphatic carbocycles. The third-order valence-electron chi connectivity index (χ3n) is 6.14. The van der Waals surface area contributed by atoms with Crippen molar-refractivity contribution < 1.29 is 21.6 Å². The molecule has 186 valence electrons. The first-order valence-corrected chi connectivity index (χ1v) is 13.6. The molecule has 1 unspecified atom stereocenters. The molecule has 10 heteroatoms. The molecule has 0 saturated heterocycles. The number of sulfonamides is 1. The molecular formula is C26H22F3N3O2S2. The fourth-order valence-electron chi connectivity index (χ4n) is 4.42. The van der Waals surface area contributed by atoms with Crippen LogP contribution in [-0.4, -0.2) is 26.0 Å². The number of hydrogen-bond acceptors (Lipinski definition) is 5. The monoisotopic (exact) mass is 529 g/mol. The largest absolute Gasteiger partial charge is 0.416 e. The SMILES string of the molecule is CC1CC(c2cc(C(F)(F)F)ccc2-c2cccc3cc(S(=O)(=O)Nc4nccs4)ccc23)=CCN1. The number of thiazole rings is 1. The Labute approximate surface area is 210 Å². The van der Waals surface area contributed by atoms with Gasteiger partial charge in [0.05, 0.1) is 10.5 Å². The normalized spacial score (nSPS) is 16.7. The molecule has 0 spiro atoms. The number of benzene rings is 3. The first-order chi connectivity index (χ1) is 17.1. The predicted molar refractivity (Wildman–Crippen MR) is 137 cm³/mol. The van der Waals surface area contributed by atoms with Crippen LogP contribution in [0.5, 0.6) is 0 Å². The van der Waals surface area contributed by atoms with Crippen molar-refractivity contribution in [2.24, 2.45) is 0 Å². The van der Waals surface area contributed by atoms with Gasteiger partial charge in [-0.25, -0.2) is 13.4 Å². The van der Waals surface area contributed by atoms with Gasteiger partial charge in [0, 0.05) is 24.2 Å². The van der Waals surface area contributed by atoms with E-state index in [0.29, 0.717) is 29.5 Å². The molecule has 2 heterocycles. The van der Waals surface area contributed by atoms with Crippen molar-refractivity contribution in [2.45, 2.75) is 30.5 Å². The van der Waals surface area contributed by atoms with Crippen LogP contribution in [0.25, 0.3) is 27.5 Å². The van der Waals surface area contributed by atoms with Crippen LogP contribution < -0.4 is 10.0 Å². The number of anilines is 1. The second-order valence-corrected chi connectivity index (χ2v) is 11.2. The highest BCUT2D eigenvalue weighted by Crippen LogP contribution is 2.40. The number of alkyl halides is 3. The van der Waals surface area contributed by atoms with E-state index in [1.807, 2.05) is 19.1 Å². The molecule has 2 N–H and O–H groups in total. The second-order valence-electron chi connectivity index (χ2n) is 8.63. The van der Waals surface area contributed by atoms with E-state index in [-0.39, 0.29) is 16.1 Å². The van der Waals surface area contributed by atoms with Gasteiger partial charge in [-0.3, -0.25) is 4.72 Å². The summed E-state index contributed by atoms with van der Waals surface area (Å²) in [4.78, 5) is 4.04. The Balaban J connectivity index is 1.63. The molecule has 1 aromatic heterocycles. The molecule has 1 aliphatic rings. The number of halogens is 3. The summed E-state index contributed by atoms with van der Waals surface area (Å²) in [5.41, 5.74) is 2.10. The van der Waals surface area contributed by atoms with Gasteiger partial charge >= 0.3 is 6.18 Å². The zero-order valence-electron chi connectivity index (χ0n) is 19.1. The molecule has 5 rings (SSSR count). The maximum Gasteiger partial charge on any atom is 0.416 e. The maximum atomic E-state index is 13.6. The van der Waals surface area contributed by atoms with Crippen molar-refractivity contribution in [1.29, 1.82) is 0 Å². The lowest BCUT2D eigenvalue weighted by atomic mass is 9.87. The molecule has 1 atom stereocenters. The second kappa shape index (κ2) is 9.34. The van der Waals surface area contributed by atoms with Crippen molar-refractivity contribution >= 4 is 42.8 Å². The van der Waals surface area contributed by atoms with Crippen LogP contribution in [0.3, 0.4) is 0 Å². The minimum absolute atomic E-state index is 0.0740. The van der Waals surface area contributed by atoms with Crippen LogP contribution in [-0.2, 0) is 16.2 Å². The Morgan fingerprint density at radius 3 is 2.61 bits per heavy atom. The lowest BCUT2D eigenvalue weighted by Crippen LogP contribution is -2.30. The van der Waals surface area contributed by atoms with E-state index in [9.17, 15) is 21.6 Å². The molecule has 0 saturated carbocycles. The van der Waals surface area contributed by atoms with Crippen LogP contribution in [0, 0.1) is 0 Å². The Morgan fingerprint density at radius 2 is 1.89 bits per heavy atom. The molecule has 3 aromatic carbocycles. The van der Waals surface area contributed by atoms with Gasteiger partial charge in [0.15, 0.2) is 5.13 Å². The molecule has 36 heavy (non-hydrogen) atoms. The molecule has 0 fully saturated rings. The van der Waals surface area contributed by atoms with Crippen LogP contribution in [0.2, 0.25) is 0 Å². The Hall–Kier alpha value is -3.21. The predicted octanol–water partition coefficient (Wildman–Crippen LogP) is 6.55. The van der Waals surface area contributed by atoms with E-state index in [1.54, 1.807) is 29.6 Å². The summed E-state index contributed by atoms with van der Waals surface area (Å²) in [7, 11) is -3.85. The van der Waals surface area contributed by atoms with Gasteiger partial charge in [-0.1, -0.05) is 36.4 Å². The lowest BCUT2D eigenvalue weighted by molar-refractivity contribution is -0.137.